The number of carbonyl (C=O) groups excluding carboxylic acids is 2. The Hall–Kier alpha value is -2.73. The number of nitrogens with zero attached hydrogens (tertiary/aromatic N) is 2. The summed E-state index contributed by atoms with van der Waals surface area (Å²) < 4.78 is 35.6. The summed E-state index contributed by atoms with van der Waals surface area (Å²) in [6, 6.07) is 9.70. The molecule has 228 valence electrons. The minimum atomic E-state index is -0.995. The van der Waals surface area contributed by atoms with Gasteiger partial charge in [-0.15, -0.1) is 0 Å². The van der Waals surface area contributed by atoms with Crippen molar-refractivity contribution in [2.24, 2.45) is 11.3 Å². The Morgan fingerprint density at radius 1 is 1.17 bits per heavy atom. The number of benzene rings is 2. The Labute approximate surface area is 257 Å². The Bertz CT molecular complexity index is 1290. The fraction of sp³-hybridized carbons (Fsp3) is 0.531. The smallest absolute Gasteiger partial charge is 0.305 e. The number of hydrogen-bond donors (Lipinski definition) is 1. The van der Waals surface area contributed by atoms with Crippen LogP contribution in [0.25, 0.3) is 0 Å². The number of likely N-dealkylation sites (tertiary alicyclic amines) is 1. The molecule has 3 unspecified atom stereocenters. The summed E-state index contributed by atoms with van der Waals surface area (Å²) in [7, 11) is 1.35. The molecule has 1 heterocycles. The molecular weight excluding hydrogens is 583 g/mol. The zero-order chi connectivity index (χ0) is 31.0. The monoisotopic (exact) mass is 621 g/mol. The van der Waals surface area contributed by atoms with Crippen LogP contribution in [0, 0.1) is 34.3 Å². The molecule has 2 aromatic carbocycles. The van der Waals surface area contributed by atoms with E-state index in [-0.39, 0.29) is 69.7 Å². The lowest BCUT2D eigenvalue weighted by atomic mass is 9.82. The maximum Gasteiger partial charge on any atom is 0.305 e. The number of methoxy groups -OCH3 is 1. The average molecular weight is 623 g/mol. The topological polar surface area (TPSA) is 82.4 Å². The third kappa shape index (κ3) is 9.39. The molecule has 1 aliphatic rings. The van der Waals surface area contributed by atoms with Crippen molar-refractivity contribution in [1.29, 1.82) is 5.26 Å². The Balaban J connectivity index is 2.05. The van der Waals surface area contributed by atoms with Crippen LogP contribution in [0.2, 0.25) is 10.0 Å². The van der Waals surface area contributed by atoms with E-state index in [0.29, 0.717) is 32.4 Å². The molecule has 1 aliphatic heterocycles. The van der Waals surface area contributed by atoms with Crippen molar-refractivity contribution in [3.05, 3.63) is 69.2 Å². The summed E-state index contributed by atoms with van der Waals surface area (Å²) in [4.78, 5) is 27.9. The fourth-order valence-electron chi connectivity index (χ4n) is 5.66. The number of amides is 1. The second-order valence-corrected chi connectivity index (χ2v) is 13.1. The van der Waals surface area contributed by atoms with Crippen molar-refractivity contribution in [3.8, 4) is 6.07 Å². The fourth-order valence-corrected chi connectivity index (χ4v) is 6.01. The van der Waals surface area contributed by atoms with Crippen molar-refractivity contribution in [1.82, 2.24) is 10.2 Å². The number of rotatable bonds is 11. The zero-order valence-corrected chi connectivity index (χ0v) is 26.1. The van der Waals surface area contributed by atoms with Crippen LogP contribution in [0.3, 0.4) is 0 Å². The zero-order valence-electron chi connectivity index (χ0n) is 24.6. The van der Waals surface area contributed by atoms with Gasteiger partial charge < -0.3 is 15.0 Å². The highest BCUT2D eigenvalue weighted by Gasteiger charge is 2.38. The summed E-state index contributed by atoms with van der Waals surface area (Å²) >= 11 is 12.2. The molecule has 3 atom stereocenters. The molecule has 1 amide bonds. The summed E-state index contributed by atoms with van der Waals surface area (Å²) in [5, 5.41) is 13.2. The van der Waals surface area contributed by atoms with Gasteiger partial charge in [0.05, 0.1) is 30.7 Å². The van der Waals surface area contributed by atoms with Crippen LogP contribution in [0.1, 0.15) is 69.9 Å². The molecule has 1 N–H and O–H groups in total. The van der Waals surface area contributed by atoms with Crippen molar-refractivity contribution in [3.63, 3.8) is 0 Å². The standard InChI is InChI=1S/C32H39Cl2F2N3O3/c1-32(2,3)19-23(10-13-37)38-30(31(41)39-14-11-20(12-15-39)16-28(40)42-4)25(24-6-5-7-26(34)29(24)36)17-21-8-9-22(33)18-27(21)35/h5-9,18,20,23,25,30,38H,10-12,14-17,19H2,1-4H3. The van der Waals surface area contributed by atoms with Crippen LogP contribution >= 0.6 is 23.2 Å². The Kier molecular flexibility index (Phi) is 12.2. The minimum absolute atomic E-state index is 0.0166. The summed E-state index contributed by atoms with van der Waals surface area (Å²) in [5.41, 5.74) is 0.274. The summed E-state index contributed by atoms with van der Waals surface area (Å²) in [5.74, 6) is -2.58. The lowest BCUT2D eigenvalue weighted by Gasteiger charge is -2.39. The van der Waals surface area contributed by atoms with Crippen LogP contribution in [-0.2, 0) is 20.7 Å². The first kappa shape index (κ1) is 33.8. The van der Waals surface area contributed by atoms with Gasteiger partial charge in [0, 0.05) is 36.5 Å². The van der Waals surface area contributed by atoms with Crippen molar-refractivity contribution >= 4 is 35.1 Å². The quantitative estimate of drug-likeness (QED) is 0.271. The van der Waals surface area contributed by atoms with E-state index in [9.17, 15) is 14.9 Å². The number of halogens is 4. The lowest BCUT2D eigenvalue weighted by Crippen LogP contribution is -2.55. The van der Waals surface area contributed by atoms with Gasteiger partial charge in [-0.2, -0.15) is 5.26 Å². The van der Waals surface area contributed by atoms with Gasteiger partial charge >= 0.3 is 5.97 Å². The van der Waals surface area contributed by atoms with Crippen LogP contribution in [-0.4, -0.2) is 49.1 Å². The molecule has 1 saturated heterocycles. The molecule has 3 rings (SSSR count). The van der Waals surface area contributed by atoms with Crippen molar-refractivity contribution < 1.29 is 23.1 Å². The van der Waals surface area contributed by atoms with Crippen LogP contribution in [0.5, 0.6) is 0 Å². The SMILES string of the molecule is COC(=O)CC1CCN(C(=O)C(NC(CC#N)CC(C)(C)C)C(Cc2ccc(Cl)cc2F)c2cccc(Cl)c2F)CC1. The normalized spacial score (nSPS) is 16.4. The molecule has 42 heavy (non-hydrogen) atoms. The Morgan fingerprint density at radius 3 is 2.45 bits per heavy atom. The van der Waals surface area contributed by atoms with E-state index in [1.807, 2.05) is 20.8 Å². The number of nitrogens with one attached hydrogen (secondary N) is 1. The molecule has 6 nitrogen and oxygen atoms in total. The summed E-state index contributed by atoms with van der Waals surface area (Å²) in [6.45, 7) is 6.93. The molecule has 0 aromatic heterocycles. The van der Waals surface area contributed by atoms with E-state index in [0.717, 1.165) is 0 Å². The second kappa shape index (κ2) is 15.1. The van der Waals surface area contributed by atoms with Gasteiger partial charge in [0.1, 0.15) is 11.6 Å². The van der Waals surface area contributed by atoms with Gasteiger partial charge in [0.15, 0.2) is 0 Å². The molecule has 2 aromatic rings. The third-order valence-electron chi connectivity index (χ3n) is 7.73. The predicted octanol–water partition coefficient (Wildman–Crippen LogP) is 7.08. The van der Waals surface area contributed by atoms with Crippen molar-refractivity contribution in [2.45, 2.75) is 77.3 Å². The first-order chi connectivity index (χ1) is 19.8. The maximum absolute atomic E-state index is 15.7. The second-order valence-electron chi connectivity index (χ2n) is 12.2. The van der Waals surface area contributed by atoms with Gasteiger partial charge in [-0.1, -0.05) is 62.2 Å². The van der Waals surface area contributed by atoms with Gasteiger partial charge in [-0.25, -0.2) is 8.78 Å². The molecule has 0 saturated carbocycles. The van der Waals surface area contributed by atoms with E-state index in [4.69, 9.17) is 27.9 Å². The molecule has 10 heteroatoms. The van der Waals surface area contributed by atoms with Crippen LogP contribution in [0.15, 0.2) is 36.4 Å². The van der Waals surface area contributed by atoms with E-state index in [2.05, 4.69) is 11.4 Å². The minimum Gasteiger partial charge on any atom is -0.469 e. The number of nitriles is 1. The maximum atomic E-state index is 15.7. The highest BCUT2D eigenvalue weighted by atomic mass is 35.5. The Morgan fingerprint density at radius 2 is 1.86 bits per heavy atom. The highest BCUT2D eigenvalue weighted by molar-refractivity contribution is 6.31. The summed E-state index contributed by atoms with van der Waals surface area (Å²) in [6.07, 6.45) is 2.19. The molecule has 0 aliphatic carbocycles. The highest BCUT2D eigenvalue weighted by Crippen LogP contribution is 2.34. The molecule has 0 bridgehead atoms. The van der Waals surface area contributed by atoms with Gasteiger partial charge in [-0.05, 0) is 66.3 Å². The molecular formula is C32H39Cl2F2N3O3. The lowest BCUT2D eigenvalue weighted by molar-refractivity contribution is -0.142. The number of ether oxygens (including phenoxy) is 1. The van der Waals surface area contributed by atoms with E-state index < -0.39 is 23.6 Å². The number of hydrogen-bond acceptors (Lipinski definition) is 5. The first-order valence-corrected chi connectivity index (χ1v) is 14.9. The van der Waals surface area contributed by atoms with Crippen molar-refractivity contribution in [2.75, 3.05) is 20.2 Å². The molecule has 0 radical (unpaired) electrons. The third-order valence-corrected chi connectivity index (χ3v) is 8.25. The number of esters is 1. The number of piperidine rings is 1. The molecule has 0 spiro atoms. The predicted molar refractivity (Wildman–Crippen MR) is 160 cm³/mol. The van der Waals surface area contributed by atoms with E-state index >= 15 is 8.78 Å². The van der Waals surface area contributed by atoms with Gasteiger partial charge in [-0.3, -0.25) is 9.59 Å². The van der Waals surface area contributed by atoms with Gasteiger partial charge in [0.2, 0.25) is 5.91 Å². The van der Waals surface area contributed by atoms with E-state index in [1.165, 1.54) is 25.3 Å². The molecule has 1 fully saturated rings. The van der Waals surface area contributed by atoms with E-state index in [1.54, 1.807) is 23.1 Å². The largest absolute Gasteiger partial charge is 0.469 e. The van der Waals surface area contributed by atoms with Gasteiger partial charge in [0.25, 0.3) is 0 Å². The van der Waals surface area contributed by atoms with Crippen LogP contribution < -0.4 is 5.32 Å². The number of carbonyl (C=O) groups is 2. The first-order valence-electron chi connectivity index (χ1n) is 14.2. The van der Waals surface area contributed by atoms with Crippen LogP contribution in [0.4, 0.5) is 8.78 Å². The average Bonchev–Trinajstić information content (AvgIpc) is 2.92.